The van der Waals surface area contributed by atoms with Gasteiger partial charge in [0.15, 0.2) is 11.5 Å². The molecule has 0 saturated carbocycles. The zero-order valence-electron chi connectivity index (χ0n) is 13.1. The Morgan fingerprint density at radius 1 is 0.818 bits per heavy atom. The lowest BCUT2D eigenvalue weighted by molar-refractivity contribution is -0.143. The number of hydrogen-bond donors (Lipinski definition) is 0. The molecule has 0 N–H and O–H groups in total. The van der Waals surface area contributed by atoms with Gasteiger partial charge < -0.3 is 23.7 Å². The van der Waals surface area contributed by atoms with Crippen molar-refractivity contribution in [3.63, 3.8) is 0 Å². The van der Waals surface area contributed by atoms with E-state index >= 15 is 0 Å². The number of ether oxygens (including phenoxy) is 5. The van der Waals surface area contributed by atoms with Crippen LogP contribution in [0, 0.1) is 0 Å². The standard InChI is InChI=1S/C15H18O7/c1-18-11-7-9(8-12(19-2)13(11)20-3)6-10(14(16)21-4)15(17)22-5/h6-8H,1-5H3. The van der Waals surface area contributed by atoms with Crippen LogP contribution in [0.15, 0.2) is 17.7 Å². The summed E-state index contributed by atoms with van der Waals surface area (Å²) in [5.74, 6) is -0.426. The normalized spacial score (nSPS) is 9.50. The zero-order valence-corrected chi connectivity index (χ0v) is 13.1. The van der Waals surface area contributed by atoms with Crippen molar-refractivity contribution in [1.29, 1.82) is 0 Å². The molecule has 0 heterocycles. The summed E-state index contributed by atoms with van der Waals surface area (Å²) in [5.41, 5.74) is 0.236. The quantitative estimate of drug-likeness (QED) is 0.340. The highest BCUT2D eigenvalue weighted by Crippen LogP contribution is 2.38. The fraction of sp³-hybridized carbons (Fsp3) is 0.333. The highest BCUT2D eigenvalue weighted by molar-refractivity contribution is 6.17. The maximum Gasteiger partial charge on any atom is 0.345 e. The molecule has 0 amide bonds. The summed E-state index contributed by atoms with van der Waals surface area (Å²) < 4.78 is 24.8. The SMILES string of the molecule is COC(=O)C(=Cc1cc(OC)c(OC)c(OC)c1)C(=O)OC. The maximum absolute atomic E-state index is 11.7. The van der Waals surface area contributed by atoms with Gasteiger partial charge >= 0.3 is 11.9 Å². The smallest absolute Gasteiger partial charge is 0.345 e. The highest BCUT2D eigenvalue weighted by atomic mass is 16.5. The van der Waals surface area contributed by atoms with Crippen LogP contribution in [0.2, 0.25) is 0 Å². The molecule has 7 heteroatoms. The van der Waals surface area contributed by atoms with Gasteiger partial charge in [-0.2, -0.15) is 0 Å². The summed E-state index contributed by atoms with van der Waals surface area (Å²) in [6.45, 7) is 0. The molecule has 7 nitrogen and oxygen atoms in total. The predicted molar refractivity (Wildman–Crippen MR) is 78.1 cm³/mol. The number of carbonyl (C=O) groups excluding carboxylic acids is 2. The summed E-state index contributed by atoms with van der Waals surface area (Å²) >= 11 is 0. The second-order valence-electron chi connectivity index (χ2n) is 4.00. The number of carbonyl (C=O) groups is 2. The molecule has 0 saturated heterocycles. The first-order chi connectivity index (χ1) is 10.5. The minimum absolute atomic E-state index is 0.251. The third-order valence-corrected chi connectivity index (χ3v) is 2.81. The zero-order chi connectivity index (χ0) is 16.7. The fourth-order valence-corrected chi connectivity index (χ4v) is 1.77. The van der Waals surface area contributed by atoms with Crippen LogP contribution < -0.4 is 14.2 Å². The van der Waals surface area contributed by atoms with E-state index in [-0.39, 0.29) is 5.57 Å². The van der Waals surface area contributed by atoms with Crippen LogP contribution in [0.3, 0.4) is 0 Å². The Bertz CT molecular complexity index is 547. The van der Waals surface area contributed by atoms with Crippen molar-refractivity contribution in [2.75, 3.05) is 35.5 Å². The van der Waals surface area contributed by atoms with Gasteiger partial charge in [-0.15, -0.1) is 0 Å². The Kier molecular flexibility index (Phi) is 6.25. The molecule has 0 aliphatic rings. The molecule has 120 valence electrons. The largest absolute Gasteiger partial charge is 0.493 e. The van der Waals surface area contributed by atoms with Gasteiger partial charge in [0, 0.05) is 0 Å². The maximum atomic E-state index is 11.7. The van der Waals surface area contributed by atoms with Crippen LogP contribution in [0.25, 0.3) is 6.08 Å². The van der Waals surface area contributed by atoms with Crippen molar-refractivity contribution >= 4 is 18.0 Å². The number of benzene rings is 1. The molecule has 0 aromatic heterocycles. The first kappa shape index (κ1) is 17.4. The van der Waals surface area contributed by atoms with E-state index in [0.29, 0.717) is 22.8 Å². The van der Waals surface area contributed by atoms with E-state index in [1.807, 2.05) is 0 Å². The van der Waals surface area contributed by atoms with Gasteiger partial charge in [0.05, 0.1) is 35.5 Å². The molecular weight excluding hydrogens is 292 g/mol. The molecule has 0 spiro atoms. The molecule has 22 heavy (non-hydrogen) atoms. The van der Waals surface area contributed by atoms with E-state index in [1.165, 1.54) is 41.6 Å². The van der Waals surface area contributed by atoms with E-state index in [0.717, 1.165) is 0 Å². The van der Waals surface area contributed by atoms with Crippen LogP contribution in [-0.2, 0) is 19.1 Å². The molecule has 0 fully saturated rings. The molecule has 0 aliphatic heterocycles. The molecule has 0 unspecified atom stereocenters. The van der Waals surface area contributed by atoms with Crippen molar-refractivity contribution in [3.8, 4) is 17.2 Å². The molecule has 0 bridgehead atoms. The van der Waals surface area contributed by atoms with Crippen molar-refractivity contribution in [3.05, 3.63) is 23.3 Å². The number of esters is 2. The lowest BCUT2D eigenvalue weighted by Gasteiger charge is -2.13. The number of hydrogen-bond acceptors (Lipinski definition) is 7. The van der Waals surface area contributed by atoms with E-state index in [2.05, 4.69) is 9.47 Å². The highest BCUT2D eigenvalue weighted by Gasteiger charge is 2.21. The van der Waals surface area contributed by atoms with Crippen molar-refractivity contribution in [2.45, 2.75) is 0 Å². The van der Waals surface area contributed by atoms with Gasteiger partial charge in [-0.3, -0.25) is 0 Å². The van der Waals surface area contributed by atoms with E-state index in [4.69, 9.17) is 14.2 Å². The second kappa shape index (κ2) is 7.92. The van der Waals surface area contributed by atoms with Crippen molar-refractivity contribution in [1.82, 2.24) is 0 Å². The minimum Gasteiger partial charge on any atom is -0.493 e. The first-order valence-corrected chi connectivity index (χ1v) is 6.20. The van der Waals surface area contributed by atoms with Gasteiger partial charge in [0.1, 0.15) is 5.57 Å². The van der Waals surface area contributed by atoms with Gasteiger partial charge in [0.25, 0.3) is 0 Å². The Hall–Kier alpha value is -2.70. The molecular formula is C15H18O7. The Labute approximate surface area is 128 Å². The summed E-state index contributed by atoms with van der Waals surface area (Å²) in [6, 6.07) is 3.18. The Morgan fingerprint density at radius 2 is 1.27 bits per heavy atom. The van der Waals surface area contributed by atoms with Crippen LogP contribution in [-0.4, -0.2) is 47.5 Å². The predicted octanol–water partition coefficient (Wildman–Crippen LogP) is 1.44. The molecule has 0 aliphatic carbocycles. The number of rotatable bonds is 6. The monoisotopic (exact) mass is 310 g/mol. The molecule has 1 rings (SSSR count). The lowest BCUT2D eigenvalue weighted by atomic mass is 10.1. The summed E-state index contributed by atoms with van der Waals surface area (Å²) in [5, 5.41) is 0. The molecule has 0 atom stereocenters. The summed E-state index contributed by atoms with van der Waals surface area (Å²) in [4.78, 5) is 23.3. The van der Waals surface area contributed by atoms with Crippen molar-refractivity contribution in [2.24, 2.45) is 0 Å². The average molecular weight is 310 g/mol. The molecule has 1 aromatic carbocycles. The first-order valence-electron chi connectivity index (χ1n) is 6.20. The second-order valence-corrected chi connectivity index (χ2v) is 4.00. The lowest BCUT2D eigenvalue weighted by Crippen LogP contribution is -2.15. The fourth-order valence-electron chi connectivity index (χ4n) is 1.77. The summed E-state index contributed by atoms with van der Waals surface area (Å²) in [7, 11) is 6.76. The third kappa shape index (κ3) is 3.69. The Morgan fingerprint density at radius 3 is 1.59 bits per heavy atom. The van der Waals surface area contributed by atoms with Crippen LogP contribution in [0.1, 0.15) is 5.56 Å². The topological polar surface area (TPSA) is 80.3 Å². The van der Waals surface area contributed by atoms with Crippen molar-refractivity contribution < 1.29 is 33.3 Å². The van der Waals surface area contributed by atoms with Crippen LogP contribution in [0.4, 0.5) is 0 Å². The molecule has 0 radical (unpaired) electrons. The van der Waals surface area contributed by atoms with Gasteiger partial charge in [-0.1, -0.05) is 0 Å². The third-order valence-electron chi connectivity index (χ3n) is 2.81. The van der Waals surface area contributed by atoms with Crippen LogP contribution in [0.5, 0.6) is 17.2 Å². The minimum atomic E-state index is -0.805. The van der Waals surface area contributed by atoms with E-state index < -0.39 is 11.9 Å². The molecule has 1 aromatic rings. The summed E-state index contributed by atoms with van der Waals surface area (Å²) in [6.07, 6.45) is 1.32. The number of methoxy groups -OCH3 is 5. The van der Waals surface area contributed by atoms with E-state index in [9.17, 15) is 9.59 Å². The van der Waals surface area contributed by atoms with Crippen LogP contribution >= 0.6 is 0 Å². The van der Waals surface area contributed by atoms with Gasteiger partial charge in [-0.25, -0.2) is 9.59 Å². The van der Waals surface area contributed by atoms with E-state index in [1.54, 1.807) is 12.1 Å². The average Bonchev–Trinajstić information content (AvgIpc) is 2.56. The van der Waals surface area contributed by atoms with Gasteiger partial charge in [-0.05, 0) is 23.8 Å². The van der Waals surface area contributed by atoms with Gasteiger partial charge in [0.2, 0.25) is 5.75 Å². The Balaban J connectivity index is 3.43.